The Hall–Kier alpha value is -3.62. The molecule has 1 aliphatic heterocycles. The van der Waals surface area contributed by atoms with Crippen molar-refractivity contribution in [3.8, 4) is 28.3 Å². The molecule has 7 nitrogen and oxygen atoms in total. The molecule has 0 unspecified atom stereocenters. The molecule has 0 spiro atoms. The molecule has 35 heavy (non-hydrogen) atoms. The molecular weight excluding hydrogens is 486 g/mol. The lowest BCUT2D eigenvalue weighted by atomic mass is 10.1. The van der Waals surface area contributed by atoms with Crippen LogP contribution < -0.4 is 15.2 Å². The maximum Gasteiger partial charge on any atom is 0.316 e. The second kappa shape index (κ2) is 9.56. The third-order valence-corrected chi connectivity index (χ3v) is 7.71. The lowest BCUT2D eigenvalue weighted by molar-refractivity contribution is 0.466. The van der Waals surface area contributed by atoms with Gasteiger partial charge in [0.2, 0.25) is 5.75 Å². The van der Waals surface area contributed by atoms with Crippen LogP contribution in [0.2, 0.25) is 5.02 Å². The summed E-state index contributed by atoms with van der Waals surface area (Å²) in [5, 5.41) is 4.88. The number of benzene rings is 3. The van der Waals surface area contributed by atoms with Crippen LogP contribution in [0.25, 0.3) is 16.8 Å². The first-order chi connectivity index (χ1) is 16.9. The molecule has 0 bridgehead atoms. The van der Waals surface area contributed by atoms with Crippen LogP contribution in [0.3, 0.4) is 0 Å². The summed E-state index contributed by atoms with van der Waals surface area (Å²) in [6.07, 6.45) is 1.54. The first-order valence-corrected chi connectivity index (χ1v) is 13.3. The summed E-state index contributed by atoms with van der Waals surface area (Å²) < 4.78 is 31.2. The molecule has 1 aromatic heterocycles. The van der Waals surface area contributed by atoms with Crippen LogP contribution in [0.1, 0.15) is 0 Å². The van der Waals surface area contributed by atoms with Crippen molar-refractivity contribution in [2.45, 2.75) is 0 Å². The van der Waals surface area contributed by atoms with Gasteiger partial charge in [0.1, 0.15) is 11.4 Å². The van der Waals surface area contributed by atoms with Crippen LogP contribution in [-0.4, -0.2) is 42.8 Å². The average molecular weight is 508 g/mol. The lowest BCUT2D eigenvalue weighted by Gasteiger charge is -2.29. The van der Waals surface area contributed by atoms with E-state index in [1.54, 1.807) is 42.6 Å². The van der Waals surface area contributed by atoms with E-state index in [0.717, 1.165) is 11.1 Å². The van der Waals surface area contributed by atoms with Gasteiger partial charge >= 0.3 is 5.56 Å². The second-order valence-electron chi connectivity index (χ2n) is 8.18. The van der Waals surface area contributed by atoms with Gasteiger partial charge in [0.25, 0.3) is 0 Å². The molecule has 0 atom stereocenters. The van der Waals surface area contributed by atoms with Crippen LogP contribution in [0.5, 0.6) is 11.5 Å². The molecule has 2 heterocycles. The average Bonchev–Trinajstić information content (AvgIpc) is 2.87. The van der Waals surface area contributed by atoms with E-state index >= 15 is 0 Å². The Bertz CT molecular complexity index is 1490. The zero-order valence-electron chi connectivity index (χ0n) is 18.7. The first-order valence-electron chi connectivity index (χ1n) is 11.1. The van der Waals surface area contributed by atoms with E-state index in [9.17, 15) is 13.2 Å². The number of halogens is 1. The number of sulfone groups is 1. The molecule has 5 rings (SSSR count). The molecule has 0 radical (unpaired) electrons. The third-order valence-electron chi connectivity index (χ3n) is 5.85. The summed E-state index contributed by atoms with van der Waals surface area (Å²) in [6.45, 7) is 0.523. The van der Waals surface area contributed by atoms with Gasteiger partial charge < -0.3 is 9.64 Å². The van der Waals surface area contributed by atoms with Crippen LogP contribution in [-0.2, 0) is 9.84 Å². The van der Waals surface area contributed by atoms with E-state index in [2.05, 4.69) is 5.10 Å². The largest absolute Gasteiger partial charge is 0.449 e. The molecule has 4 aromatic rings. The predicted octanol–water partition coefficient (Wildman–Crippen LogP) is 4.58. The Labute approximate surface area is 208 Å². The quantitative estimate of drug-likeness (QED) is 0.393. The van der Waals surface area contributed by atoms with Gasteiger partial charge in [-0.3, -0.25) is 4.79 Å². The van der Waals surface area contributed by atoms with Gasteiger partial charge in [0.05, 0.1) is 23.4 Å². The van der Waals surface area contributed by atoms with E-state index in [4.69, 9.17) is 16.3 Å². The Morgan fingerprint density at radius 1 is 0.829 bits per heavy atom. The van der Waals surface area contributed by atoms with Gasteiger partial charge in [-0.15, -0.1) is 0 Å². The molecule has 1 saturated heterocycles. The fourth-order valence-corrected chi connectivity index (χ4v) is 5.26. The summed E-state index contributed by atoms with van der Waals surface area (Å²) in [5.41, 5.74) is 2.64. The summed E-state index contributed by atoms with van der Waals surface area (Å²) >= 11 is 6.00. The van der Waals surface area contributed by atoms with Crippen LogP contribution in [0, 0.1) is 0 Å². The minimum absolute atomic E-state index is 0.0124. The highest BCUT2D eigenvalue weighted by Gasteiger charge is 2.26. The van der Waals surface area contributed by atoms with E-state index in [-0.39, 0.29) is 30.3 Å². The molecule has 0 saturated carbocycles. The number of aromatic nitrogens is 2. The predicted molar refractivity (Wildman–Crippen MR) is 138 cm³/mol. The Morgan fingerprint density at radius 2 is 1.46 bits per heavy atom. The fraction of sp³-hybridized carbons (Fsp3) is 0.154. The highest BCUT2D eigenvalue weighted by atomic mass is 35.5. The van der Waals surface area contributed by atoms with Gasteiger partial charge in [-0.2, -0.15) is 9.78 Å². The van der Waals surface area contributed by atoms with Crippen molar-refractivity contribution in [2.24, 2.45) is 0 Å². The van der Waals surface area contributed by atoms with E-state index in [1.807, 2.05) is 47.4 Å². The number of hydrogen-bond acceptors (Lipinski definition) is 6. The summed E-state index contributed by atoms with van der Waals surface area (Å²) in [5.74, 6) is 0.597. The van der Waals surface area contributed by atoms with Crippen molar-refractivity contribution in [3.05, 3.63) is 100 Å². The third kappa shape index (κ3) is 5.08. The van der Waals surface area contributed by atoms with Crippen LogP contribution in [0.15, 0.2) is 89.9 Å². The Balaban J connectivity index is 1.53. The van der Waals surface area contributed by atoms with Gasteiger partial charge in [0, 0.05) is 18.1 Å². The zero-order valence-corrected chi connectivity index (χ0v) is 20.2. The summed E-state index contributed by atoms with van der Waals surface area (Å²) in [7, 11) is -3.09. The van der Waals surface area contributed by atoms with Crippen molar-refractivity contribution in [1.82, 2.24) is 9.78 Å². The van der Waals surface area contributed by atoms with Gasteiger partial charge in [0.15, 0.2) is 9.84 Å². The summed E-state index contributed by atoms with van der Waals surface area (Å²) in [6, 6.07) is 24.2. The van der Waals surface area contributed by atoms with Crippen LogP contribution >= 0.6 is 11.6 Å². The number of nitrogens with zero attached hydrogens (tertiary/aromatic N) is 3. The van der Waals surface area contributed by atoms with Gasteiger partial charge in [-0.05, 0) is 47.5 Å². The van der Waals surface area contributed by atoms with E-state index in [1.165, 1.54) is 4.68 Å². The molecule has 178 valence electrons. The lowest BCUT2D eigenvalue weighted by Crippen LogP contribution is -2.41. The van der Waals surface area contributed by atoms with Gasteiger partial charge in [-0.1, -0.05) is 54.1 Å². The molecule has 0 aliphatic carbocycles. The van der Waals surface area contributed by atoms with Crippen molar-refractivity contribution in [2.75, 3.05) is 29.5 Å². The first kappa shape index (κ1) is 23.1. The fourth-order valence-electron chi connectivity index (χ4n) is 3.93. The molecule has 1 fully saturated rings. The number of ether oxygens (including phenoxy) is 1. The number of anilines is 1. The highest BCUT2D eigenvalue weighted by Crippen LogP contribution is 2.31. The maximum absolute atomic E-state index is 13.5. The summed E-state index contributed by atoms with van der Waals surface area (Å²) in [4.78, 5) is 15.4. The molecule has 0 amide bonds. The van der Waals surface area contributed by atoms with Crippen molar-refractivity contribution in [1.29, 1.82) is 0 Å². The van der Waals surface area contributed by atoms with E-state index < -0.39 is 15.4 Å². The van der Waals surface area contributed by atoms with Crippen molar-refractivity contribution < 1.29 is 13.2 Å². The second-order valence-corrected chi connectivity index (χ2v) is 10.9. The standard InChI is InChI=1S/C26H22ClN3O4S/c27-21-8-10-22(11-9-21)30-26(31)25(24(18-28-30)29-14-16-35(32,33)17-15-29)34-23-12-6-20(7-13-23)19-4-2-1-3-5-19/h1-13,18H,14-17H2. The molecule has 9 heteroatoms. The Morgan fingerprint density at radius 3 is 2.11 bits per heavy atom. The molecule has 0 N–H and O–H groups in total. The van der Waals surface area contributed by atoms with Crippen molar-refractivity contribution >= 4 is 27.1 Å². The highest BCUT2D eigenvalue weighted by molar-refractivity contribution is 7.91. The molecular formula is C26H22ClN3O4S. The van der Waals surface area contributed by atoms with Gasteiger partial charge in [-0.25, -0.2) is 8.42 Å². The van der Waals surface area contributed by atoms with E-state index in [0.29, 0.717) is 22.1 Å². The Kier molecular flexibility index (Phi) is 6.32. The monoisotopic (exact) mass is 507 g/mol. The smallest absolute Gasteiger partial charge is 0.316 e. The topological polar surface area (TPSA) is 81.5 Å². The SMILES string of the molecule is O=c1c(Oc2ccc(-c3ccccc3)cc2)c(N2CCS(=O)(=O)CC2)cnn1-c1ccc(Cl)cc1. The molecule has 1 aliphatic rings. The van der Waals surface area contributed by atoms with Crippen LogP contribution in [0.4, 0.5) is 5.69 Å². The minimum Gasteiger partial charge on any atom is -0.449 e. The maximum atomic E-state index is 13.5. The minimum atomic E-state index is -3.09. The zero-order chi connectivity index (χ0) is 24.4. The molecule has 3 aromatic carbocycles. The van der Waals surface area contributed by atoms with Crippen molar-refractivity contribution in [3.63, 3.8) is 0 Å². The number of rotatable bonds is 5. The number of hydrogen-bond donors (Lipinski definition) is 0. The normalized spacial score (nSPS) is 15.1.